The van der Waals surface area contributed by atoms with Crippen molar-refractivity contribution >= 4 is 6.03 Å². The summed E-state index contributed by atoms with van der Waals surface area (Å²) in [4.78, 5) is 22.8. The van der Waals surface area contributed by atoms with Crippen molar-refractivity contribution in [1.29, 1.82) is 0 Å². The van der Waals surface area contributed by atoms with Crippen LogP contribution in [0.3, 0.4) is 0 Å². The van der Waals surface area contributed by atoms with E-state index in [0.717, 1.165) is 31.4 Å². The molecule has 2 aromatic rings. The SMILES string of the molecule is CCC(NC(=O)N1CCCC(c2nc(C)no2)C1)c1ccncc1. The van der Waals surface area contributed by atoms with Gasteiger partial charge in [0.2, 0.25) is 5.89 Å². The summed E-state index contributed by atoms with van der Waals surface area (Å²) in [6.45, 7) is 5.23. The summed E-state index contributed by atoms with van der Waals surface area (Å²) in [5.74, 6) is 1.38. The lowest BCUT2D eigenvalue weighted by Crippen LogP contribution is -2.46. The highest BCUT2D eigenvalue weighted by molar-refractivity contribution is 5.75. The third kappa shape index (κ3) is 3.72. The number of aromatic nitrogens is 3. The summed E-state index contributed by atoms with van der Waals surface area (Å²) in [6.07, 6.45) is 6.23. The number of nitrogens with one attached hydrogen (secondary N) is 1. The van der Waals surface area contributed by atoms with Crippen LogP contribution in [0.25, 0.3) is 0 Å². The van der Waals surface area contributed by atoms with Crippen molar-refractivity contribution < 1.29 is 9.32 Å². The number of carbonyl (C=O) groups excluding carboxylic acids is 1. The molecule has 24 heavy (non-hydrogen) atoms. The summed E-state index contributed by atoms with van der Waals surface area (Å²) in [6, 6.07) is 3.83. The molecule has 7 heteroatoms. The maximum Gasteiger partial charge on any atom is 0.317 e. The van der Waals surface area contributed by atoms with E-state index in [1.165, 1.54) is 0 Å². The molecule has 2 aromatic heterocycles. The van der Waals surface area contributed by atoms with Gasteiger partial charge in [-0.1, -0.05) is 12.1 Å². The molecule has 128 valence electrons. The van der Waals surface area contributed by atoms with Crippen LogP contribution in [0.2, 0.25) is 0 Å². The van der Waals surface area contributed by atoms with Gasteiger partial charge in [-0.05, 0) is 43.9 Å². The maximum absolute atomic E-state index is 12.7. The van der Waals surface area contributed by atoms with Gasteiger partial charge in [-0.2, -0.15) is 4.98 Å². The summed E-state index contributed by atoms with van der Waals surface area (Å²) >= 11 is 0. The number of aryl methyl sites for hydroxylation is 1. The summed E-state index contributed by atoms with van der Waals surface area (Å²) in [5.41, 5.74) is 1.07. The molecule has 2 unspecified atom stereocenters. The molecule has 0 aliphatic carbocycles. The Morgan fingerprint density at radius 1 is 1.46 bits per heavy atom. The Morgan fingerprint density at radius 3 is 2.92 bits per heavy atom. The van der Waals surface area contributed by atoms with Gasteiger partial charge in [-0.25, -0.2) is 4.79 Å². The second kappa shape index (κ2) is 7.42. The maximum atomic E-state index is 12.7. The van der Waals surface area contributed by atoms with E-state index in [0.29, 0.717) is 18.3 Å². The van der Waals surface area contributed by atoms with Crippen molar-refractivity contribution in [3.8, 4) is 0 Å². The lowest BCUT2D eigenvalue weighted by Gasteiger charge is -2.32. The first-order valence-electron chi connectivity index (χ1n) is 8.43. The molecule has 1 aliphatic heterocycles. The van der Waals surface area contributed by atoms with Gasteiger partial charge in [0.05, 0.1) is 12.0 Å². The molecule has 7 nitrogen and oxygen atoms in total. The Hall–Kier alpha value is -2.44. The van der Waals surface area contributed by atoms with E-state index >= 15 is 0 Å². The zero-order chi connectivity index (χ0) is 16.9. The van der Waals surface area contributed by atoms with E-state index in [9.17, 15) is 4.79 Å². The highest BCUT2D eigenvalue weighted by Crippen LogP contribution is 2.26. The molecule has 0 radical (unpaired) electrons. The highest BCUT2D eigenvalue weighted by Gasteiger charge is 2.29. The lowest BCUT2D eigenvalue weighted by molar-refractivity contribution is 0.168. The smallest absolute Gasteiger partial charge is 0.317 e. The van der Waals surface area contributed by atoms with Gasteiger partial charge in [-0.15, -0.1) is 0 Å². The van der Waals surface area contributed by atoms with Gasteiger partial charge in [0, 0.05) is 25.5 Å². The van der Waals surface area contributed by atoms with Crippen LogP contribution in [0, 0.1) is 6.92 Å². The normalized spacial score (nSPS) is 19.1. The van der Waals surface area contributed by atoms with Crippen LogP contribution >= 0.6 is 0 Å². The van der Waals surface area contributed by atoms with E-state index in [1.807, 2.05) is 17.0 Å². The van der Waals surface area contributed by atoms with Crippen molar-refractivity contribution in [3.05, 3.63) is 41.8 Å². The number of amides is 2. The van der Waals surface area contributed by atoms with Crippen molar-refractivity contribution in [2.75, 3.05) is 13.1 Å². The fraction of sp³-hybridized carbons (Fsp3) is 0.529. The van der Waals surface area contributed by atoms with Gasteiger partial charge >= 0.3 is 6.03 Å². The van der Waals surface area contributed by atoms with Crippen LogP contribution in [0.15, 0.2) is 29.0 Å². The van der Waals surface area contributed by atoms with Crippen LogP contribution in [0.4, 0.5) is 4.79 Å². The second-order valence-corrected chi connectivity index (χ2v) is 6.16. The van der Waals surface area contributed by atoms with Crippen molar-refractivity contribution in [3.63, 3.8) is 0 Å². The molecular formula is C17H23N5O2. The second-order valence-electron chi connectivity index (χ2n) is 6.16. The first kappa shape index (κ1) is 16.4. The minimum absolute atomic E-state index is 0.00785. The van der Waals surface area contributed by atoms with Crippen LogP contribution in [0.5, 0.6) is 0 Å². The third-order valence-electron chi connectivity index (χ3n) is 4.42. The van der Waals surface area contributed by atoms with Crippen LogP contribution in [-0.4, -0.2) is 39.1 Å². The van der Waals surface area contributed by atoms with E-state index < -0.39 is 0 Å². The van der Waals surface area contributed by atoms with Gasteiger partial charge in [0.15, 0.2) is 5.82 Å². The molecule has 2 atom stereocenters. The molecule has 3 heterocycles. The van der Waals surface area contributed by atoms with E-state index in [4.69, 9.17) is 4.52 Å². The van der Waals surface area contributed by atoms with Gasteiger partial charge in [0.1, 0.15) is 0 Å². The van der Waals surface area contributed by atoms with Gasteiger partial charge in [0.25, 0.3) is 0 Å². The Kier molecular flexibility index (Phi) is 5.08. The molecule has 0 aromatic carbocycles. The fourth-order valence-electron chi connectivity index (χ4n) is 3.10. The number of likely N-dealkylation sites (tertiary alicyclic amines) is 1. The standard InChI is InChI=1S/C17H23N5O2/c1-3-15(13-6-8-18-9-7-13)20-17(23)22-10-4-5-14(11-22)16-19-12(2)21-24-16/h6-9,14-15H,3-5,10-11H2,1-2H3,(H,20,23). The molecule has 1 N–H and O–H groups in total. The van der Waals surface area contributed by atoms with Crippen molar-refractivity contribution in [2.24, 2.45) is 0 Å². The van der Waals surface area contributed by atoms with Gasteiger partial charge in [-0.3, -0.25) is 4.98 Å². The summed E-state index contributed by atoms with van der Waals surface area (Å²) in [5, 5.41) is 6.97. The molecule has 0 saturated carbocycles. The lowest BCUT2D eigenvalue weighted by atomic mass is 9.98. The first-order valence-corrected chi connectivity index (χ1v) is 8.43. The number of rotatable bonds is 4. The Labute approximate surface area is 141 Å². The number of piperidine rings is 1. The summed E-state index contributed by atoms with van der Waals surface area (Å²) in [7, 11) is 0. The molecule has 2 amide bonds. The summed E-state index contributed by atoms with van der Waals surface area (Å²) < 4.78 is 5.28. The molecule has 3 rings (SSSR count). The fourth-order valence-corrected chi connectivity index (χ4v) is 3.10. The average Bonchev–Trinajstić information content (AvgIpc) is 3.07. The van der Waals surface area contributed by atoms with Crippen LogP contribution < -0.4 is 5.32 Å². The van der Waals surface area contributed by atoms with Crippen molar-refractivity contribution in [2.45, 2.75) is 45.1 Å². The largest absolute Gasteiger partial charge is 0.339 e. The number of hydrogen-bond donors (Lipinski definition) is 1. The third-order valence-corrected chi connectivity index (χ3v) is 4.42. The molecule has 1 aliphatic rings. The number of pyridine rings is 1. The number of urea groups is 1. The number of nitrogens with zero attached hydrogens (tertiary/aromatic N) is 4. The highest BCUT2D eigenvalue weighted by atomic mass is 16.5. The monoisotopic (exact) mass is 329 g/mol. The number of carbonyl (C=O) groups is 1. The molecule has 1 saturated heterocycles. The quantitative estimate of drug-likeness (QED) is 0.932. The van der Waals surface area contributed by atoms with Crippen molar-refractivity contribution in [1.82, 2.24) is 25.3 Å². The molecule has 1 fully saturated rings. The Bertz CT molecular complexity index is 673. The van der Waals surface area contributed by atoms with E-state index in [2.05, 4.69) is 27.4 Å². The minimum Gasteiger partial charge on any atom is -0.339 e. The molecule has 0 bridgehead atoms. The van der Waals surface area contributed by atoms with Gasteiger partial charge < -0.3 is 14.7 Å². The predicted molar refractivity (Wildman–Crippen MR) is 88.4 cm³/mol. The van der Waals surface area contributed by atoms with E-state index in [-0.39, 0.29) is 18.0 Å². The molecular weight excluding hydrogens is 306 g/mol. The Balaban J connectivity index is 1.63. The van der Waals surface area contributed by atoms with Crippen LogP contribution in [0.1, 0.15) is 55.4 Å². The zero-order valence-electron chi connectivity index (χ0n) is 14.1. The number of hydrogen-bond acceptors (Lipinski definition) is 5. The van der Waals surface area contributed by atoms with E-state index in [1.54, 1.807) is 19.3 Å². The Morgan fingerprint density at radius 2 is 2.25 bits per heavy atom. The first-order chi connectivity index (χ1) is 11.7. The van der Waals surface area contributed by atoms with Crippen LogP contribution in [-0.2, 0) is 0 Å². The molecule has 0 spiro atoms. The average molecular weight is 329 g/mol. The zero-order valence-corrected chi connectivity index (χ0v) is 14.1. The minimum atomic E-state index is -0.0420. The topological polar surface area (TPSA) is 84.2 Å². The predicted octanol–water partition coefficient (Wildman–Crippen LogP) is 2.81.